The Morgan fingerprint density at radius 2 is 1.96 bits per heavy atom. The van der Waals surface area contributed by atoms with Crippen LogP contribution in [0.5, 0.6) is 5.75 Å². The van der Waals surface area contributed by atoms with Crippen molar-refractivity contribution in [3.8, 4) is 17.0 Å². The highest BCUT2D eigenvalue weighted by atomic mass is 32.1. The van der Waals surface area contributed by atoms with Crippen molar-refractivity contribution in [3.05, 3.63) is 59.2 Å². The van der Waals surface area contributed by atoms with Crippen molar-refractivity contribution < 1.29 is 14.3 Å². The number of aromatic nitrogens is 1. The van der Waals surface area contributed by atoms with Crippen LogP contribution in [0.15, 0.2) is 47.8 Å². The summed E-state index contributed by atoms with van der Waals surface area (Å²) in [6.07, 6.45) is 0. The van der Waals surface area contributed by atoms with Gasteiger partial charge in [0.15, 0.2) is 5.13 Å². The average molecular weight is 329 g/mol. The Morgan fingerprint density at radius 1 is 1.22 bits per heavy atom. The molecule has 1 aromatic heterocycles. The number of primary amides is 1. The van der Waals surface area contributed by atoms with Crippen molar-refractivity contribution in [2.24, 2.45) is 5.73 Å². The van der Waals surface area contributed by atoms with Gasteiger partial charge in [0.25, 0.3) is 5.91 Å². The maximum atomic E-state index is 12.9. The van der Waals surface area contributed by atoms with E-state index in [9.17, 15) is 14.3 Å². The van der Waals surface area contributed by atoms with E-state index < -0.39 is 5.91 Å². The zero-order valence-corrected chi connectivity index (χ0v) is 12.6. The molecule has 1 amide bonds. The normalized spacial score (nSPS) is 10.5. The van der Waals surface area contributed by atoms with Crippen LogP contribution < -0.4 is 11.1 Å². The maximum absolute atomic E-state index is 12.9. The zero-order chi connectivity index (χ0) is 16.4. The second-order valence-corrected chi connectivity index (χ2v) is 5.62. The highest BCUT2D eigenvalue weighted by Crippen LogP contribution is 2.29. The van der Waals surface area contributed by atoms with Gasteiger partial charge in [0.1, 0.15) is 11.6 Å². The third-order valence-electron chi connectivity index (χ3n) is 3.16. The number of thiazole rings is 1. The average Bonchev–Trinajstić information content (AvgIpc) is 2.98. The van der Waals surface area contributed by atoms with E-state index in [1.165, 1.54) is 35.6 Å². The zero-order valence-electron chi connectivity index (χ0n) is 11.8. The lowest BCUT2D eigenvalue weighted by molar-refractivity contribution is 0.0998. The number of carbonyl (C=O) groups is 1. The number of aromatic hydroxyl groups is 1. The Labute approximate surface area is 135 Å². The Hall–Kier alpha value is -2.93. The number of amides is 1. The molecule has 116 valence electrons. The second-order valence-electron chi connectivity index (χ2n) is 4.77. The molecular formula is C16H12FN3O2S. The third-order valence-corrected chi connectivity index (χ3v) is 3.92. The van der Waals surface area contributed by atoms with Crippen molar-refractivity contribution in [1.29, 1.82) is 0 Å². The monoisotopic (exact) mass is 329 g/mol. The first-order valence-electron chi connectivity index (χ1n) is 6.64. The summed E-state index contributed by atoms with van der Waals surface area (Å²) in [5, 5.41) is 15.1. The van der Waals surface area contributed by atoms with Crippen molar-refractivity contribution in [2.45, 2.75) is 0 Å². The fraction of sp³-hybridized carbons (Fsp3) is 0. The first-order chi connectivity index (χ1) is 11.0. The highest BCUT2D eigenvalue weighted by molar-refractivity contribution is 7.14. The van der Waals surface area contributed by atoms with Gasteiger partial charge in [0.2, 0.25) is 0 Å². The molecule has 0 radical (unpaired) electrons. The van der Waals surface area contributed by atoms with Crippen LogP contribution in [0.2, 0.25) is 0 Å². The molecular weight excluding hydrogens is 317 g/mol. The molecule has 23 heavy (non-hydrogen) atoms. The SMILES string of the molecule is NC(=O)c1cc(-c2csc(Nc3ccc(F)cc3)n2)ccc1O. The van der Waals surface area contributed by atoms with Gasteiger partial charge in [-0.2, -0.15) is 0 Å². The largest absolute Gasteiger partial charge is 0.507 e. The van der Waals surface area contributed by atoms with E-state index in [-0.39, 0.29) is 17.1 Å². The minimum atomic E-state index is -0.704. The Bertz CT molecular complexity index is 862. The molecule has 3 aromatic rings. The van der Waals surface area contributed by atoms with Gasteiger partial charge < -0.3 is 16.2 Å². The van der Waals surface area contributed by atoms with E-state index in [0.29, 0.717) is 16.4 Å². The summed E-state index contributed by atoms with van der Waals surface area (Å²) in [7, 11) is 0. The summed E-state index contributed by atoms with van der Waals surface area (Å²) >= 11 is 1.37. The van der Waals surface area contributed by atoms with Crippen molar-refractivity contribution in [3.63, 3.8) is 0 Å². The predicted molar refractivity (Wildman–Crippen MR) is 87.4 cm³/mol. The molecule has 4 N–H and O–H groups in total. The number of carbonyl (C=O) groups excluding carboxylic acids is 1. The Morgan fingerprint density at radius 3 is 2.65 bits per heavy atom. The van der Waals surface area contributed by atoms with Crippen LogP contribution in [0.4, 0.5) is 15.2 Å². The van der Waals surface area contributed by atoms with Crippen LogP contribution >= 0.6 is 11.3 Å². The second kappa shape index (κ2) is 6.05. The molecule has 0 aliphatic heterocycles. The van der Waals surface area contributed by atoms with E-state index >= 15 is 0 Å². The van der Waals surface area contributed by atoms with Gasteiger partial charge in [-0.15, -0.1) is 11.3 Å². The van der Waals surface area contributed by atoms with Gasteiger partial charge in [-0.1, -0.05) is 0 Å². The number of phenols is 1. The summed E-state index contributed by atoms with van der Waals surface area (Å²) in [6.45, 7) is 0. The minimum Gasteiger partial charge on any atom is -0.507 e. The lowest BCUT2D eigenvalue weighted by atomic mass is 10.1. The molecule has 0 bridgehead atoms. The number of nitrogens with two attached hydrogens (primary N) is 1. The van der Waals surface area contributed by atoms with Gasteiger partial charge in [-0.25, -0.2) is 9.37 Å². The molecule has 7 heteroatoms. The van der Waals surface area contributed by atoms with E-state index in [0.717, 1.165) is 5.69 Å². The van der Waals surface area contributed by atoms with E-state index in [1.54, 1.807) is 18.2 Å². The quantitative estimate of drug-likeness (QED) is 0.683. The van der Waals surface area contributed by atoms with Gasteiger partial charge in [-0.3, -0.25) is 4.79 Å². The Balaban J connectivity index is 1.85. The number of hydrogen-bond acceptors (Lipinski definition) is 5. The summed E-state index contributed by atoms with van der Waals surface area (Å²) in [4.78, 5) is 15.7. The summed E-state index contributed by atoms with van der Waals surface area (Å²) in [5.41, 5.74) is 7.29. The smallest absolute Gasteiger partial charge is 0.252 e. The highest BCUT2D eigenvalue weighted by Gasteiger charge is 2.11. The van der Waals surface area contributed by atoms with Gasteiger partial charge in [-0.05, 0) is 42.5 Å². The Kier molecular flexibility index (Phi) is 3.94. The molecule has 5 nitrogen and oxygen atoms in total. The molecule has 3 rings (SSSR count). The third kappa shape index (κ3) is 3.29. The topological polar surface area (TPSA) is 88.2 Å². The minimum absolute atomic E-state index is 0.0449. The summed E-state index contributed by atoms with van der Waals surface area (Å²) < 4.78 is 12.9. The van der Waals surface area contributed by atoms with Gasteiger partial charge in [0.05, 0.1) is 11.3 Å². The van der Waals surface area contributed by atoms with Crippen LogP contribution in [0, 0.1) is 5.82 Å². The molecule has 0 saturated carbocycles. The predicted octanol–water partition coefficient (Wildman–Crippen LogP) is 3.50. The molecule has 0 spiro atoms. The summed E-state index contributed by atoms with van der Waals surface area (Å²) in [6, 6.07) is 10.5. The van der Waals surface area contributed by atoms with Gasteiger partial charge >= 0.3 is 0 Å². The molecule has 0 unspecified atom stereocenters. The van der Waals surface area contributed by atoms with E-state index in [1.807, 2.05) is 5.38 Å². The number of hydrogen-bond donors (Lipinski definition) is 3. The molecule has 0 aliphatic rings. The lowest BCUT2D eigenvalue weighted by Crippen LogP contribution is -2.11. The number of rotatable bonds is 4. The number of anilines is 2. The standard InChI is InChI=1S/C16H12FN3O2S/c17-10-2-4-11(5-3-10)19-16-20-13(8-23-16)9-1-6-14(21)12(7-9)15(18)22/h1-8,21H,(H2,18,22)(H,19,20). The lowest BCUT2D eigenvalue weighted by Gasteiger charge is -2.03. The van der Waals surface area contributed by atoms with Crippen LogP contribution in [0.1, 0.15) is 10.4 Å². The fourth-order valence-electron chi connectivity index (χ4n) is 2.01. The number of nitrogens with one attached hydrogen (secondary N) is 1. The first kappa shape index (κ1) is 15.0. The first-order valence-corrected chi connectivity index (χ1v) is 7.52. The summed E-state index contributed by atoms with van der Waals surface area (Å²) in [5.74, 6) is -1.18. The molecule has 0 fully saturated rings. The van der Waals surface area contributed by atoms with Crippen LogP contribution in [-0.2, 0) is 0 Å². The maximum Gasteiger partial charge on any atom is 0.252 e. The van der Waals surface area contributed by atoms with Crippen molar-refractivity contribution in [1.82, 2.24) is 4.98 Å². The van der Waals surface area contributed by atoms with E-state index in [4.69, 9.17) is 5.73 Å². The van der Waals surface area contributed by atoms with Crippen molar-refractivity contribution in [2.75, 3.05) is 5.32 Å². The van der Waals surface area contributed by atoms with E-state index in [2.05, 4.69) is 10.3 Å². The van der Waals surface area contributed by atoms with Crippen LogP contribution in [0.3, 0.4) is 0 Å². The van der Waals surface area contributed by atoms with Crippen LogP contribution in [-0.4, -0.2) is 16.0 Å². The van der Waals surface area contributed by atoms with Crippen LogP contribution in [0.25, 0.3) is 11.3 Å². The molecule has 2 aromatic carbocycles. The molecule has 1 heterocycles. The number of benzene rings is 2. The number of halogens is 1. The molecule has 0 saturated heterocycles. The fourth-order valence-corrected chi connectivity index (χ4v) is 2.75. The number of nitrogens with zero attached hydrogens (tertiary/aromatic N) is 1. The van der Waals surface area contributed by atoms with Gasteiger partial charge in [0, 0.05) is 16.6 Å². The molecule has 0 aliphatic carbocycles. The van der Waals surface area contributed by atoms with Crippen molar-refractivity contribution >= 4 is 28.1 Å². The molecule has 0 atom stereocenters.